The Kier molecular flexibility index (Phi) is 3.95. The molecule has 102 valence electrons. The maximum Gasteiger partial charge on any atom is 0.225 e. The fraction of sp³-hybridized carbons (Fsp3) is 0.385. The van der Waals surface area contributed by atoms with E-state index in [1.165, 1.54) is 0 Å². The molecule has 1 heterocycles. The number of rotatable bonds is 4. The van der Waals surface area contributed by atoms with Crippen LogP contribution in [0.2, 0.25) is 5.28 Å². The summed E-state index contributed by atoms with van der Waals surface area (Å²) in [6.45, 7) is 4.05. The van der Waals surface area contributed by atoms with Gasteiger partial charge in [0, 0.05) is 12.1 Å². The summed E-state index contributed by atoms with van der Waals surface area (Å²) in [6, 6.07) is 3.86. The van der Waals surface area contributed by atoms with E-state index >= 15 is 0 Å². The van der Waals surface area contributed by atoms with E-state index in [0.29, 0.717) is 22.8 Å². The minimum absolute atomic E-state index is 0.180. The van der Waals surface area contributed by atoms with Gasteiger partial charge in [-0.2, -0.15) is 0 Å². The Bertz CT molecular complexity index is 602. The van der Waals surface area contributed by atoms with Gasteiger partial charge in [0.2, 0.25) is 5.28 Å². The number of benzene rings is 1. The van der Waals surface area contributed by atoms with Crippen molar-refractivity contribution in [3.63, 3.8) is 0 Å². The number of hydrogen-bond donors (Lipinski definition) is 1. The van der Waals surface area contributed by atoms with Crippen molar-refractivity contribution in [3.05, 3.63) is 17.4 Å². The smallest absolute Gasteiger partial charge is 0.225 e. The highest BCUT2D eigenvalue weighted by molar-refractivity contribution is 6.29. The maximum absolute atomic E-state index is 5.96. The summed E-state index contributed by atoms with van der Waals surface area (Å²) >= 11 is 5.96. The number of anilines is 1. The van der Waals surface area contributed by atoms with E-state index < -0.39 is 0 Å². The molecule has 2 rings (SSSR count). The maximum atomic E-state index is 5.96. The Morgan fingerprint density at radius 3 is 2.47 bits per heavy atom. The first-order chi connectivity index (χ1) is 9.05. The molecule has 0 unspecified atom stereocenters. The SMILES string of the molecule is COc1cc(OC)c2nc(Cl)nc(NC(C)C)c2c1. The number of hydrogen-bond acceptors (Lipinski definition) is 5. The first-order valence-electron chi connectivity index (χ1n) is 5.91. The standard InChI is InChI=1S/C13H16ClN3O2/c1-7(2)15-12-9-5-8(18-3)6-10(19-4)11(9)16-13(14)17-12/h5-7H,1-4H3,(H,15,16,17). The lowest BCUT2D eigenvalue weighted by Gasteiger charge is -2.14. The summed E-state index contributed by atoms with van der Waals surface area (Å²) in [5.41, 5.74) is 0.659. The van der Waals surface area contributed by atoms with Crippen molar-refractivity contribution >= 4 is 28.3 Å². The third kappa shape index (κ3) is 2.81. The van der Waals surface area contributed by atoms with Gasteiger partial charge in [-0.3, -0.25) is 0 Å². The Labute approximate surface area is 116 Å². The third-order valence-corrected chi connectivity index (χ3v) is 2.76. The lowest BCUT2D eigenvalue weighted by Crippen LogP contribution is -2.12. The number of methoxy groups -OCH3 is 2. The molecule has 5 nitrogen and oxygen atoms in total. The Balaban J connectivity index is 2.73. The van der Waals surface area contributed by atoms with Crippen LogP contribution in [0.15, 0.2) is 12.1 Å². The molecule has 0 bridgehead atoms. The number of halogens is 1. The Morgan fingerprint density at radius 1 is 1.16 bits per heavy atom. The topological polar surface area (TPSA) is 56.3 Å². The number of nitrogens with one attached hydrogen (secondary N) is 1. The van der Waals surface area contributed by atoms with E-state index in [2.05, 4.69) is 15.3 Å². The van der Waals surface area contributed by atoms with Crippen LogP contribution in [0.25, 0.3) is 10.9 Å². The second-order valence-electron chi connectivity index (χ2n) is 4.37. The molecule has 0 spiro atoms. The van der Waals surface area contributed by atoms with Crippen LogP contribution in [0.5, 0.6) is 11.5 Å². The van der Waals surface area contributed by atoms with Crippen LogP contribution in [-0.2, 0) is 0 Å². The number of aromatic nitrogens is 2. The van der Waals surface area contributed by atoms with Crippen LogP contribution < -0.4 is 14.8 Å². The number of nitrogens with zero attached hydrogens (tertiary/aromatic N) is 2. The van der Waals surface area contributed by atoms with Gasteiger partial charge in [-0.15, -0.1) is 0 Å². The van der Waals surface area contributed by atoms with E-state index in [-0.39, 0.29) is 11.3 Å². The second-order valence-corrected chi connectivity index (χ2v) is 4.70. The molecule has 2 aromatic rings. The summed E-state index contributed by atoms with van der Waals surface area (Å²) in [7, 11) is 3.19. The molecule has 0 aliphatic rings. The zero-order valence-corrected chi connectivity index (χ0v) is 12.1. The van der Waals surface area contributed by atoms with Gasteiger partial charge in [-0.25, -0.2) is 9.97 Å². The van der Waals surface area contributed by atoms with E-state index in [0.717, 1.165) is 5.39 Å². The van der Waals surface area contributed by atoms with Crippen molar-refractivity contribution in [2.24, 2.45) is 0 Å². The van der Waals surface area contributed by atoms with Gasteiger partial charge < -0.3 is 14.8 Å². The monoisotopic (exact) mass is 281 g/mol. The summed E-state index contributed by atoms with van der Waals surface area (Å²) in [6.07, 6.45) is 0. The molecule has 0 fully saturated rings. The molecule has 19 heavy (non-hydrogen) atoms. The minimum Gasteiger partial charge on any atom is -0.497 e. The van der Waals surface area contributed by atoms with Gasteiger partial charge >= 0.3 is 0 Å². The van der Waals surface area contributed by atoms with Gasteiger partial charge in [-0.1, -0.05) is 0 Å². The lowest BCUT2D eigenvalue weighted by atomic mass is 10.2. The minimum atomic E-state index is 0.180. The number of ether oxygens (including phenoxy) is 2. The molecule has 6 heteroatoms. The zero-order chi connectivity index (χ0) is 14.0. The van der Waals surface area contributed by atoms with Crippen LogP contribution in [-0.4, -0.2) is 30.2 Å². The predicted octanol–water partition coefficient (Wildman–Crippen LogP) is 3.12. The van der Waals surface area contributed by atoms with Crippen molar-refractivity contribution < 1.29 is 9.47 Å². The van der Waals surface area contributed by atoms with Crippen molar-refractivity contribution in [3.8, 4) is 11.5 Å². The molecular weight excluding hydrogens is 266 g/mol. The van der Waals surface area contributed by atoms with Crippen LogP contribution in [0.1, 0.15) is 13.8 Å². The van der Waals surface area contributed by atoms with Gasteiger partial charge in [0.1, 0.15) is 22.8 Å². The molecule has 0 amide bonds. The Morgan fingerprint density at radius 2 is 1.89 bits per heavy atom. The molecule has 1 N–H and O–H groups in total. The van der Waals surface area contributed by atoms with Crippen molar-refractivity contribution in [1.29, 1.82) is 0 Å². The summed E-state index contributed by atoms with van der Waals surface area (Å²) in [5.74, 6) is 1.95. The Hall–Kier alpha value is -1.75. The fourth-order valence-corrected chi connectivity index (χ4v) is 1.97. The van der Waals surface area contributed by atoms with Crippen LogP contribution in [0, 0.1) is 0 Å². The van der Waals surface area contributed by atoms with Crippen LogP contribution >= 0.6 is 11.6 Å². The average Bonchev–Trinajstić information content (AvgIpc) is 2.37. The summed E-state index contributed by atoms with van der Waals surface area (Å²) < 4.78 is 10.6. The predicted molar refractivity (Wildman–Crippen MR) is 76.4 cm³/mol. The quantitative estimate of drug-likeness (QED) is 0.873. The van der Waals surface area contributed by atoms with E-state index in [1.54, 1.807) is 20.3 Å². The molecule has 0 saturated carbocycles. The average molecular weight is 282 g/mol. The largest absolute Gasteiger partial charge is 0.497 e. The first kappa shape index (κ1) is 13.7. The van der Waals surface area contributed by atoms with Crippen LogP contribution in [0.4, 0.5) is 5.82 Å². The molecule has 0 saturated heterocycles. The second kappa shape index (κ2) is 5.48. The molecule has 1 aromatic heterocycles. The normalized spacial score (nSPS) is 10.8. The third-order valence-electron chi connectivity index (χ3n) is 2.59. The highest BCUT2D eigenvalue weighted by atomic mass is 35.5. The molecule has 1 aromatic carbocycles. The highest BCUT2D eigenvalue weighted by Gasteiger charge is 2.13. The summed E-state index contributed by atoms with van der Waals surface area (Å²) in [4.78, 5) is 8.45. The van der Waals surface area contributed by atoms with Crippen molar-refractivity contribution in [1.82, 2.24) is 9.97 Å². The molecule has 0 aliphatic carbocycles. The number of fused-ring (bicyclic) bond motifs is 1. The van der Waals surface area contributed by atoms with Gasteiger partial charge in [0.15, 0.2) is 0 Å². The molecule has 0 radical (unpaired) electrons. The van der Waals surface area contributed by atoms with Crippen LogP contribution in [0.3, 0.4) is 0 Å². The molecule has 0 atom stereocenters. The van der Waals surface area contributed by atoms with E-state index in [1.807, 2.05) is 19.9 Å². The van der Waals surface area contributed by atoms with Gasteiger partial charge in [0.25, 0.3) is 0 Å². The summed E-state index contributed by atoms with van der Waals surface area (Å²) in [5, 5.41) is 4.24. The highest BCUT2D eigenvalue weighted by Crippen LogP contribution is 2.34. The van der Waals surface area contributed by atoms with Gasteiger partial charge in [0.05, 0.1) is 19.6 Å². The molecule has 0 aliphatic heterocycles. The van der Waals surface area contributed by atoms with Gasteiger partial charge in [-0.05, 0) is 31.5 Å². The molecular formula is C13H16ClN3O2. The first-order valence-corrected chi connectivity index (χ1v) is 6.28. The van der Waals surface area contributed by atoms with Crippen molar-refractivity contribution in [2.45, 2.75) is 19.9 Å². The lowest BCUT2D eigenvalue weighted by molar-refractivity contribution is 0.397. The van der Waals surface area contributed by atoms with E-state index in [9.17, 15) is 0 Å². The van der Waals surface area contributed by atoms with Crippen molar-refractivity contribution in [2.75, 3.05) is 19.5 Å². The van der Waals surface area contributed by atoms with E-state index in [4.69, 9.17) is 21.1 Å². The zero-order valence-electron chi connectivity index (χ0n) is 11.3. The fourth-order valence-electron chi connectivity index (χ4n) is 1.81.